The van der Waals surface area contributed by atoms with Crippen molar-refractivity contribution in [2.24, 2.45) is 11.8 Å². The summed E-state index contributed by atoms with van der Waals surface area (Å²) in [7, 11) is 0. The Labute approximate surface area is 88.5 Å². The van der Waals surface area contributed by atoms with Gasteiger partial charge in [-0.15, -0.1) is 0 Å². The molecule has 0 aromatic rings. The Balaban J connectivity index is 4.01. The van der Waals surface area contributed by atoms with Crippen molar-refractivity contribution in [3.63, 3.8) is 0 Å². The van der Waals surface area contributed by atoms with Crippen LogP contribution in [0, 0.1) is 11.8 Å². The van der Waals surface area contributed by atoms with Crippen LogP contribution in [0.5, 0.6) is 0 Å². The quantitative estimate of drug-likeness (QED) is 0.724. The Morgan fingerprint density at radius 2 is 1.64 bits per heavy atom. The van der Waals surface area contributed by atoms with Gasteiger partial charge in [0.1, 0.15) is 0 Å². The van der Waals surface area contributed by atoms with Crippen molar-refractivity contribution in [1.29, 1.82) is 0 Å². The fourth-order valence-corrected chi connectivity index (χ4v) is 1.87. The minimum absolute atomic E-state index is 0.0693. The molecule has 0 aliphatic carbocycles. The Kier molecular flexibility index (Phi) is 5.17. The van der Waals surface area contributed by atoms with Gasteiger partial charge in [0.2, 0.25) is 5.91 Å². The van der Waals surface area contributed by atoms with E-state index >= 15 is 0 Å². The molecule has 1 amide bonds. The zero-order chi connectivity index (χ0) is 11.4. The van der Waals surface area contributed by atoms with Gasteiger partial charge in [-0.2, -0.15) is 0 Å². The summed E-state index contributed by atoms with van der Waals surface area (Å²) in [4.78, 5) is 11.5. The zero-order valence-electron chi connectivity index (χ0n) is 10.5. The Morgan fingerprint density at radius 3 is 2.00 bits per heavy atom. The van der Waals surface area contributed by atoms with E-state index in [1.54, 1.807) is 0 Å². The van der Waals surface area contributed by atoms with Crippen LogP contribution in [0.4, 0.5) is 0 Å². The molecule has 0 radical (unpaired) electrons. The monoisotopic (exact) mass is 199 g/mol. The van der Waals surface area contributed by atoms with E-state index in [1.165, 1.54) is 0 Å². The predicted octanol–water partition coefficient (Wildman–Crippen LogP) is 2.97. The first-order valence-electron chi connectivity index (χ1n) is 5.54. The SMILES string of the molecule is CC(C)CC(=O)NC(C)(C)CC(C)C. The third kappa shape index (κ3) is 6.93. The van der Waals surface area contributed by atoms with Crippen molar-refractivity contribution >= 4 is 5.91 Å². The van der Waals surface area contributed by atoms with E-state index in [0.717, 1.165) is 6.42 Å². The molecule has 0 aromatic carbocycles. The number of rotatable bonds is 5. The van der Waals surface area contributed by atoms with Crippen LogP contribution in [0.1, 0.15) is 54.4 Å². The molecule has 0 unspecified atom stereocenters. The molecule has 0 saturated heterocycles. The second kappa shape index (κ2) is 5.38. The van der Waals surface area contributed by atoms with E-state index in [1.807, 2.05) is 0 Å². The van der Waals surface area contributed by atoms with Crippen LogP contribution in [-0.4, -0.2) is 11.4 Å². The second-order valence-corrected chi connectivity index (χ2v) is 5.63. The smallest absolute Gasteiger partial charge is 0.220 e. The lowest BCUT2D eigenvalue weighted by Gasteiger charge is -2.28. The highest BCUT2D eigenvalue weighted by Crippen LogP contribution is 2.16. The summed E-state index contributed by atoms with van der Waals surface area (Å²) in [6, 6.07) is 0. The number of carbonyl (C=O) groups is 1. The average Bonchev–Trinajstić information content (AvgIpc) is 1.77. The molecule has 84 valence electrons. The summed E-state index contributed by atoms with van der Waals surface area (Å²) in [5.41, 5.74) is -0.0693. The van der Waals surface area contributed by atoms with Gasteiger partial charge in [-0.05, 0) is 32.1 Å². The molecule has 0 aromatic heterocycles. The van der Waals surface area contributed by atoms with Crippen molar-refractivity contribution in [2.75, 3.05) is 0 Å². The standard InChI is InChI=1S/C12H25NO/c1-9(2)7-11(14)13-12(5,6)8-10(3)4/h9-10H,7-8H2,1-6H3,(H,13,14). The van der Waals surface area contributed by atoms with Crippen molar-refractivity contribution in [1.82, 2.24) is 5.32 Å². The Hall–Kier alpha value is -0.530. The van der Waals surface area contributed by atoms with Crippen LogP contribution >= 0.6 is 0 Å². The maximum atomic E-state index is 11.5. The van der Waals surface area contributed by atoms with Gasteiger partial charge in [0, 0.05) is 12.0 Å². The summed E-state index contributed by atoms with van der Waals surface area (Å²) < 4.78 is 0. The van der Waals surface area contributed by atoms with Gasteiger partial charge in [-0.1, -0.05) is 27.7 Å². The molecule has 0 bridgehead atoms. The third-order valence-corrected chi connectivity index (χ3v) is 1.99. The van der Waals surface area contributed by atoms with Gasteiger partial charge >= 0.3 is 0 Å². The summed E-state index contributed by atoms with van der Waals surface area (Å²) in [5.74, 6) is 1.22. The molecule has 1 N–H and O–H groups in total. The topological polar surface area (TPSA) is 29.1 Å². The minimum atomic E-state index is -0.0693. The van der Waals surface area contributed by atoms with Crippen LogP contribution in [-0.2, 0) is 4.79 Å². The molecule has 2 nitrogen and oxygen atoms in total. The number of amides is 1. The molecule has 0 aliphatic heterocycles. The van der Waals surface area contributed by atoms with Crippen molar-refractivity contribution in [3.8, 4) is 0 Å². The summed E-state index contributed by atoms with van der Waals surface area (Å²) in [6.07, 6.45) is 1.65. The van der Waals surface area contributed by atoms with Gasteiger partial charge in [-0.25, -0.2) is 0 Å². The van der Waals surface area contributed by atoms with Gasteiger partial charge in [0.15, 0.2) is 0 Å². The average molecular weight is 199 g/mol. The fraction of sp³-hybridized carbons (Fsp3) is 0.917. The first kappa shape index (κ1) is 13.5. The van der Waals surface area contributed by atoms with E-state index in [-0.39, 0.29) is 11.4 Å². The van der Waals surface area contributed by atoms with Crippen molar-refractivity contribution in [3.05, 3.63) is 0 Å². The highest BCUT2D eigenvalue weighted by molar-refractivity contribution is 5.76. The lowest BCUT2D eigenvalue weighted by atomic mass is 9.92. The van der Waals surface area contributed by atoms with Crippen molar-refractivity contribution < 1.29 is 4.79 Å². The molecule has 0 fully saturated rings. The largest absolute Gasteiger partial charge is 0.351 e. The maximum Gasteiger partial charge on any atom is 0.220 e. The Bertz CT molecular complexity index is 183. The summed E-state index contributed by atoms with van der Waals surface area (Å²) in [5, 5.41) is 3.08. The molecule has 14 heavy (non-hydrogen) atoms. The molecular weight excluding hydrogens is 174 g/mol. The molecule has 2 heteroatoms. The maximum absolute atomic E-state index is 11.5. The molecule has 0 saturated carbocycles. The van der Waals surface area contributed by atoms with E-state index in [0.29, 0.717) is 18.3 Å². The van der Waals surface area contributed by atoms with E-state index in [4.69, 9.17) is 0 Å². The normalized spacial score (nSPS) is 12.3. The van der Waals surface area contributed by atoms with Gasteiger partial charge < -0.3 is 5.32 Å². The highest BCUT2D eigenvalue weighted by Gasteiger charge is 2.21. The first-order valence-corrected chi connectivity index (χ1v) is 5.54. The molecule has 0 rings (SSSR count). The number of carbonyl (C=O) groups excluding carboxylic acids is 1. The highest BCUT2D eigenvalue weighted by atomic mass is 16.1. The zero-order valence-corrected chi connectivity index (χ0v) is 10.5. The fourth-order valence-electron chi connectivity index (χ4n) is 1.87. The summed E-state index contributed by atoms with van der Waals surface area (Å²) >= 11 is 0. The van der Waals surface area contributed by atoms with Crippen LogP contribution in [0.25, 0.3) is 0 Å². The van der Waals surface area contributed by atoms with Gasteiger partial charge in [0.05, 0.1) is 0 Å². The molecule has 0 atom stereocenters. The minimum Gasteiger partial charge on any atom is -0.351 e. The molecular formula is C12H25NO. The van der Waals surface area contributed by atoms with E-state index in [9.17, 15) is 4.79 Å². The lowest BCUT2D eigenvalue weighted by Crippen LogP contribution is -2.44. The predicted molar refractivity (Wildman–Crippen MR) is 61.1 cm³/mol. The second-order valence-electron chi connectivity index (χ2n) is 5.63. The number of hydrogen-bond donors (Lipinski definition) is 1. The number of nitrogens with one attached hydrogen (secondary N) is 1. The van der Waals surface area contributed by atoms with Crippen LogP contribution < -0.4 is 5.32 Å². The van der Waals surface area contributed by atoms with Gasteiger partial charge in [0.25, 0.3) is 0 Å². The first-order chi connectivity index (χ1) is 6.23. The van der Waals surface area contributed by atoms with Crippen molar-refractivity contribution in [2.45, 2.75) is 59.9 Å². The third-order valence-electron chi connectivity index (χ3n) is 1.99. The Morgan fingerprint density at radius 1 is 1.14 bits per heavy atom. The molecule has 0 spiro atoms. The van der Waals surface area contributed by atoms with E-state index < -0.39 is 0 Å². The van der Waals surface area contributed by atoms with Crippen LogP contribution in [0.2, 0.25) is 0 Å². The van der Waals surface area contributed by atoms with Gasteiger partial charge in [-0.3, -0.25) is 4.79 Å². The summed E-state index contributed by atoms with van der Waals surface area (Å²) in [6.45, 7) is 12.7. The lowest BCUT2D eigenvalue weighted by molar-refractivity contribution is -0.123. The molecule has 0 aliphatic rings. The number of hydrogen-bond acceptors (Lipinski definition) is 1. The van der Waals surface area contributed by atoms with Crippen LogP contribution in [0.15, 0.2) is 0 Å². The van der Waals surface area contributed by atoms with E-state index in [2.05, 4.69) is 46.9 Å². The van der Waals surface area contributed by atoms with Crippen LogP contribution in [0.3, 0.4) is 0 Å². The molecule has 0 heterocycles.